The first kappa shape index (κ1) is 14.1. The van der Waals surface area contributed by atoms with Gasteiger partial charge in [-0.3, -0.25) is 9.69 Å². The number of carboxylic acid groups (broad SMARTS) is 1. The molecule has 1 saturated heterocycles. The molecule has 0 radical (unpaired) electrons. The molecule has 0 aromatic heterocycles. The normalized spacial score (nSPS) is 16.5. The first-order valence-electron chi connectivity index (χ1n) is 7.08. The highest BCUT2D eigenvalue weighted by molar-refractivity contribution is 6.00. The molecule has 112 valence electrons. The Morgan fingerprint density at radius 1 is 1.09 bits per heavy atom. The molecule has 1 fully saturated rings. The van der Waals surface area contributed by atoms with Crippen molar-refractivity contribution in [1.29, 1.82) is 0 Å². The molecule has 0 unspecified atom stereocenters. The van der Waals surface area contributed by atoms with Crippen molar-refractivity contribution in [2.45, 2.75) is 12.5 Å². The molecule has 5 heteroatoms. The Bertz CT molecular complexity index is 683. The van der Waals surface area contributed by atoms with Crippen LogP contribution in [0.25, 0.3) is 0 Å². The minimum Gasteiger partial charge on any atom is -0.465 e. The van der Waals surface area contributed by atoms with Crippen molar-refractivity contribution in [2.75, 3.05) is 11.4 Å². The zero-order chi connectivity index (χ0) is 15.5. The van der Waals surface area contributed by atoms with Crippen LogP contribution in [0.2, 0.25) is 0 Å². The molecule has 0 bridgehead atoms. The fraction of sp³-hybridized carbons (Fsp3) is 0.176. The maximum atomic E-state index is 11.4. The third kappa shape index (κ3) is 2.79. The minimum absolute atomic E-state index is 0.254. The Morgan fingerprint density at radius 2 is 1.73 bits per heavy atom. The van der Waals surface area contributed by atoms with E-state index in [4.69, 9.17) is 0 Å². The molecule has 2 N–H and O–H groups in total. The smallest absolute Gasteiger partial charge is 0.412 e. The largest absolute Gasteiger partial charge is 0.465 e. The predicted molar refractivity (Wildman–Crippen MR) is 83.0 cm³/mol. The number of carbonyl (C=O) groups excluding carboxylic acids is 1. The molecule has 0 spiro atoms. The lowest BCUT2D eigenvalue weighted by Gasteiger charge is -2.34. The van der Waals surface area contributed by atoms with Gasteiger partial charge in [-0.2, -0.15) is 0 Å². The number of hydrogen-bond donors (Lipinski definition) is 2. The predicted octanol–water partition coefficient (Wildman–Crippen LogP) is 2.26. The van der Waals surface area contributed by atoms with E-state index in [1.165, 1.54) is 5.56 Å². The van der Waals surface area contributed by atoms with Gasteiger partial charge in [0.2, 0.25) is 5.91 Å². The van der Waals surface area contributed by atoms with Crippen LogP contribution in [0.3, 0.4) is 0 Å². The number of hydrogen-bond acceptors (Lipinski definition) is 2. The minimum atomic E-state index is -1.12. The Kier molecular flexibility index (Phi) is 3.78. The average Bonchev–Trinajstić information content (AvgIpc) is 2.52. The summed E-state index contributed by atoms with van der Waals surface area (Å²) >= 11 is 0. The van der Waals surface area contributed by atoms with Gasteiger partial charge in [-0.25, -0.2) is 4.79 Å². The molecule has 1 heterocycles. The number of β-lactam (4-membered cyclic amide) rings is 1. The van der Waals surface area contributed by atoms with Gasteiger partial charge in [0.05, 0.1) is 0 Å². The van der Waals surface area contributed by atoms with Crippen LogP contribution in [-0.4, -0.2) is 29.7 Å². The van der Waals surface area contributed by atoms with Crippen molar-refractivity contribution in [3.05, 3.63) is 65.7 Å². The van der Waals surface area contributed by atoms with Crippen LogP contribution in [0.15, 0.2) is 54.6 Å². The molecule has 2 aromatic carbocycles. The molecular weight excluding hydrogens is 280 g/mol. The fourth-order valence-electron chi connectivity index (χ4n) is 2.51. The summed E-state index contributed by atoms with van der Waals surface area (Å²) in [5, 5.41) is 11.9. The second-order valence-corrected chi connectivity index (χ2v) is 5.24. The number of nitrogens with one attached hydrogen (secondary N) is 1. The zero-order valence-corrected chi connectivity index (χ0v) is 11.9. The summed E-state index contributed by atoms with van der Waals surface area (Å²) in [5.74, 6) is -0.254. The lowest BCUT2D eigenvalue weighted by atomic mass is 10.0. The van der Waals surface area contributed by atoms with Crippen LogP contribution in [-0.2, 0) is 11.2 Å². The third-order valence-corrected chi connectivity index (χ3v) is 3.76. The van der Waals surface area contributed by atoms with Gasteiger partial charge in [-0.1, -0.05) is 42.5 Å². The Labute approximate surface area is 128 Å². The molecule has 2 amide bonds. The molecule has 5 nitrogen and oxygen atoms in total. The molecule has 3 rings (SSSR count). The first-order valence-corrected chi connectivity index (χ1v) is 7.08. The molecule has 0 saturated carbocycles. The van der Waals surface area contributed by atoms with E-state index in [9.17, 15) is 14.7 Å². The SMILES string of the molecule is O=C1NC[C@@H]1N(C(=O)O)c1ccc(Cc2ccccc2)cc1. The Hall–Kier alpha value is -2.82. The van der Waals surface area contributed by atoms with E-state index in [2.05, 4.69) is 17.4 Å². The summed E-state index contributed by atoms with van der Waals surface area (Å²) in [7, 11) is 0. The number of anilines is 1. The highest BCUT2D eigenvalue weighted by atomic mass is 16.4. The van der Waals surface area contributed by atoms with Gasteiger partial charge in [0, 0.05) is 12.2 Å². The number of benzene rings is 2. The van der Waals surface area contributed by atoms with Gasteiger partial charge in [-0.05, 0) is 29.7 Å². The van der Waals surface area contributed by atoms with Crippen molar-refractivity contribution in [2.24, 2.45) is 0 Å². The van der Waals surface area contributed by atoms with Crippen LogP contribution >= 0.6 is 0 Å². The van der Waals surface area contributed by atoms with E-state index >= 15 is 0 Å². The van der Waals surface area contributed by atoms with Gasteiger partial charge in [0.1, 0.15) is 6.04 Å². The van der Waals surface area contributed by atoms with Crippen LogP contribution in [0, 0.1) is 0 Å². The quantitative estimate of drug-likeness (QED) is 0.850. The monoisotopic (exact) mass is 296 g/mol. The zero-order valence-electron chi connectivity index (χ0n) is 11.9. The summed E-state index contributed by atoms with van der Waals surface area (Å²) in [6.45, 7) is 0.358. The summed E-state index contributed by atoms with van der Waals surface area (Å²) < 4.78 is 0. The highest BCUT2D eigenvalue weighted by Gasteiger charge is 2.37. The van der Waals surface area contributed by atoms with E-state index in [1.807, 2.05) is 30.3 Å². The van der Waals surface area contributed by atoms with Gasteiger partial charge in [-0.15, -0.1) is 0 Å². The topological polar surface area (TPSA) is 69.6 Å². The van der Waals surface area contributed by atoms with Crippen molar-refractivity contribution in [1.82, 2.24) is 5.32 Å². The number of nitrogens with zero attached hydrogens (tertiary/aromatic N) is 1. The maximum Gasteiger partial charge on any atom is 0.412 e. The lowest BCUT2D eigenvalue weighted by Crippen LogP contribution is -2.63. The van der Waals surface area contributed by atoms with Gasteiger partial charge in [0.25, 0.3) is 0 Å². The van der Waals surface area contributed by atoms with Crippen LogP contribution < -0.4 is 10.2 Å². The second kappa shape index (κ2) is 5.89. The summed E-state index contributed by atoms with van der Waals surface area (Å²) in [5.41, 5.74) is 2.81. The van der Waals surface area contributed by atoms with Gasteiger partial charge in [0.15, 0.2) is 0 Å². The van der Waals surface area contributed by atoms with Gasteiger partial charge < -0.3 is 10.4 Å². The molecule has 1 aliphatic rings. The number of carbonyl (C=O) groups is 2. The van der Waals surface area contributed by atoms with E-state index in [0.29, 0.717) is 12.2 Å². The molecule has 0 aliphatic carbocycles. The standard InChI is InChI=1S/C17H16N2O3/c20-16-15(11-18-16)19(17(21)22)14-8-6-13(7-9-14)10-12-4-2-1-3-5-12/h1-9,15H,10-11H2,(H,18,20)(H,21,22)/t15-/m0/s1. The molecular formula is C17H16N2O3. The summed E-state index contributed by atoms with van der Waals surface area (Å²) in [6.07, 6.45) is -0.325. The van der Waals surface area contributed by atoms with E-state index < -0.39 is 12.1 Å². The Morgan fingerprint density at radius 3 is 2.23 bits per heavy atom. The van der Waals surface area contributed by atoms with Crippen molar-refractivity contribution in [3.63, 3.8) is 0 Å². The van der Waals surface area contributed by atoms with E-state index in [1.54, 1.807) is 12.1 Å². The van der Waals surface area contributed by atoms with Gasteiger partial charge >= 0.3 is 6.09 Å². The highest BCUT2D eigenvalue weighted by Crippen LogP contribution is 2.21. The van der Waals surface area contributed by atoms with Crippen molar-refractivity contribution >= 4 is 17.7 Å². The van der Waals surface area contributed by atoms with Crippen molar-refractivity contribution in [3.8, 4) is 0 Å². The fourth-order valence-corrected chi connectivity index (χ4v) is 2.51. The van der Waals surface area contributed by atoms with E-state index in [-0.39, 0.29) is 5.91 Å². The Balaban J connectivity index is 1.78. The summed E-state index contributed by atoms with van der Waals surface area (Å²) in [4.78, 5) is 24.0. The second-order valence-electron chi connectivity index (χ2n) is 5.24. The van der Waals surface area contributed by atoms with Crippen LogP contribution in [0.5, 0.6) is 0 Å². The average molecular weight is 296 g/mol. The molecule has 1 atom stereocenters. The number of amides is 2. The van der Waals surface area contributed by atoms with Crippen molar-refractivity contribution < 1.29 is 14.7 Å². The molecule has 2 aromatic rings. The first-order chi connectivity index (χ1) is 10.6. The number of rotatable bonds is 4. The van der Waals surface area contributed by atoms with E-state index in [0.717, 1.165) is 16.9 Å². The maximum absolute atomic E-state index is 11.4. The van der Waals surface area contributed by atoms with Crippen LogP contribution in [0.1, 0.15) is 11.1 Å². The van der Waals surface area contributed by atoms with Crippen LogP contribution in [0.4, 0.5) is 10.5 Å². The molecule has 1 aliphatic heterocycles. The third-order valence-electron chi connectivity index (χ3n) is 3.76. The molecule has 22 heavy (non-hydrogen) atoms. The lowest BCUT2D eigenvalue weighted by molar-refractivity contribution is -0.127. The summed E-state index contributed by atoms with van der Waals surface area (Å²) in [6, 6.07) is 16.7.